The summed E-state index contributed by atoms with van der Waals surface area (Å²) in [5.74, 6) is -0.529. The highest BCUT2D eigenvalue weighted by Crippen LogP contribution is 2.20. The van der Waals surface area contributed by atoms with Gasteiger partial charge in [0.1, 0.15) is 5.82 Å². The molecule has 0 radical (unpaired) electrons. The number of nitrogens with one attached hydrogen (secondary N) is 2. The zero-order valence-corrected chi connectivity index (χ0v) is 12.0. The third-order valence-electron chi connectivity index (χ3n) is 3.25. The largest absolute Gasteiger partial charge is 0.378 e. The summed E-state index contributed by atoms with van der Waals surface area (Å²) in [7, 11) is 0. The van der Waals surface area contributed by atoms with Gasteiger partial charge >= 0.3 is 0 Å². The van der Waals surface area contributed by atoms with Gasteiger partial charge in [0.2, 0.25) is 5.91 Å². The van der Waals surface area contributed by atoms with Gasteiger partial charge in [-0.15, -0.1) is 0 Å². The number of carbonyl (C=O) groups is 1. The van der Waals surface area contributed by atoms with Crippen LogP contribution in [-0.4, -0.2) is 31.7 Å². The maximum Gasteiger partial charge on any atom is 0.222 e. The first-order valence-electron chi connectivity index (χ1n) is 6.61. The molecular weight excluding hydrogens is 283 g/mol. The molecule has 6 heteroatoms. The summed E-state index contributed by atoms with van der Waals surface area (Å²) in [6.07, 6.45) is 0.360. The fraction of sp³-hybridized carbons (Fsp3) is 0.500. The van der Waals surface area contributed by atoms with Crippen LogP contribution in [0.3, 0.4) is 0 Å². The quantitative estimate of drug-likeness (QED) is 0.894. The molecule has 2 unspecified atom stereocenters. The highest BCUT2D eigenvalue weighted by molar-refractivity contribution is 6.30. The Kier molecular flexibility index (Phi) is 5.34. The summed E-state index contributed by atoms with van der Waals surface area (Å²) in [6, 6.07) is 4.28. The van der Waals surface area contributed by atoms with Crippen LogP contribution in [0.1, 0.15) is 24.9 Å². The lowest BCUT2D eigenvalue weighted by Crippen LogP contribution is -2.44. The average molecular weight is 301 g/mol. The first-order valence-corrected chi connectivity index (χ1v) is 6.99. The van der Waals surface area contributed by atoms with Gasteiger partial charge in [-0.05, 0) is 24.6 Å². The van der Waals surface area contributed by atoms with Crippen LogP contribution < -0.4 is 10.6 Å². The number of rotatable bonds is 4. The molecule has 110 valence electrons. The van der Waals surface area contributed by atoms with Crippen molar-refractivity contribution in [1.29, 1.82) is 0 Å². The molecule has 4 nitrogen and oxygen atoms in total. The predicted octanol–water partition coefficient (Wildman–Crippen LogP) is 2.03. The molecule has 1 heterocycles. The van der Waals surface area contributed by atoms with Gasteiger partial charge in [0, 0.05) is 19.0 Å². The van der Waals surface area contributed by atoms with Crippen LogP contribution in [0, 0.1) is 5.82 Å². The molecule has 0 aromatic heterocycles. The second-order valence-electron chi connectivity index (χ2n) is 4.89. The molecule has 1 fully saturated rings. The molecule has 1 saturated heterocycles. The van der Waals surface area contributed by atoms with Crippen molar-refractivity contribution < 1.29 is 13.9 Å². The van der Waals surface area contributed by atoms with Gasteiger partial charge in [-0.1, -0.05) is 17.7 Å². The van der Waals surface area contributed by atoms with E-state index in [4.69, 9.17) is 16.3 Å². The summed E-state index contributed by atoms with van der Waals surface area (Å²) >= 11 is 5.74. The highest BCUT2D eigenvalue weighted by atomic mass is 35.5. The Balaban J connectivity index is 1.87. The van der Waals surface area contributed by atoms with E-state index in [1.165, 1.54) is 12.1 Å². The first-order chi connectivity index (χ1) is 9.56. The molecule has 2 rings (SSSR count). The third-order valence-corrected chi connectivity index (χ3v) is 3.54. The molecule has 2 atom stereocenters. The third kappa shape index (κ3) is 4.16. The van der Waals surface area contributed by atoms with Crippen LogP contribution in [0.25, 0.3) is 0 Å². The fourth-order valence-corrected chi connectivity index (χ4v) is 2.33. The van der Waals surface area contributed by atoms with E-state index in [0.717, 1.165) is 12.1 Å². The van der Waals surface area contributed by atoms with Gasteiger partial charge in [-0.3, -0.25) is 4.79 Å². The zero-order chi connectivity index (χ0) is 14.5. The maximum atomic E-state index is 13.1. The van der Waals surface area contributed by atoms with E-state index in [-0.39, 0.29) is 23.0 Å². The van der Waals surface area contributed by atoms with E-state index in [9.17, 15) is 9.18 Å². The molecule has 0 bridgehead atoms. The molecule has 20 heavy (non-hydrogen) atoms. The molecule has 0 aliphatic carbocycles. The smallest absolute Gasteiger partial charge is 0.222 e. The topological polar surface area (TPSA) is 50.4 Å². The van der Waals surface area contributed by atoms with Crippen LogP contribution >= 0.6 is 11.6 Å². The Morgan fingerprint density at radius 3 is 3.10 bits per heavy atom. The van der Waals surface area contributed by atoms with Gasteiger partial charge in [0.25, 0.3) is 0 Å². The van der Waals surface area contributed by atoms with Crippen LogP contribution in [0.2, 0.25) is 5.02 Å². The van der Waals surface area contributed by atoms with Gasteiger partial charge in [-0.2, -0.15) is 0 Å². The first kappa shape index (κ1) is 15.2. The van der Waals surface area contributed by atoms with Crippen molar-refractivity contribution in [2.24, 2.45) is 0 Å². The lowest BCUT2D eigenvalue weighted by atomic mass is 10.1. The lowest BCUT2D eigenvalue weighted by molar-refractivity contribution is -0.122. The molecular formula is C14H18ClFN2O2. The Hall–Kier alpha value is -1.17. The monoisotopic (exact) mass is 300 g/mol. The van der Waals surface area contributed by atoms with Crippen molar-refractivity contribution in [2.75, 3.05) is 19.8 Å². The molecule has 0 saturated carbocycles. The molecule has 2 N–H and O–H groups in total. The Morgan fingerprint density at radius 2 is 2.45 bits per heavy atom. The van der Waals surface area contributed by atoms with Crippen molar-refractivity contribution in [3.8, 4) is 0 Å². The van der Waals surface area contributed by atoms with E-state index < -0.39 is 5.82 Å². The molecule has 1 aromatic carbocycles. The fourth-order valence-electron chi connectivity index (χ4n) is 2.14. The number of halogens is 2. The van der Waals surface area contributed by atoms with Crippen molar-refractivity contribution >= 4 is 17.5 Å². The number of carbonyl (C=O) groups excluding carboxylic acids is 1. The van der Waals surface area contributed by atoms with Crippen molar-refractivity contribution in [2.45, 2.75) is 25.4 Å². The van der Waals surface area contributed by atoms with E-state index in [1.807, 2.05) is 6.92 Å². The molecule has 0 spiro atoms. The number of hydrogen-bond donors (Lipinski definition) is 2. The summed E-state index contributed by atoms with van der Waals surface area (Å²) < 4.78 is 18.4. The zero-order valence-electron chi connectivity index (χ0n) is 11.3. The number of benzene rings is 1. The van der Waals surface area contributed by atoms with E-state index >= 15 is 0 Å². The van der Waals surface area contributed by atoms with E-state index in [1.54, 1.807) is 6.07 Å². The Labute approximate surface area is 122 Å². The lowest BCUT2D eigenvalue weighted by Gasteiger charge is -2.24. The number of ether oxygens (including phenoxy) is 1. The SMILES string of the molecule is CC(NC(=O)CC1COCCN1)c1ccc(F)c(Cl)c1. The Morgan fingerprint density at radius 1 is 1.65 bits per heavy atom. The normalized spacial score (nSPS) is 20.4. The van der Waals surface area contributed by atoms with Crippen LogP contribution in [-0.2, 0) is 9.53 Å². The van der Waals surface area contributed by atoms with Gasteiger partial charge in [0.15, 0.2) is 0 Å². The van der Waals surface area contributed by atoms with Crippen molar-refractivity contribution in [3.05, 3.63) is 34.6 Å². The van der Waals surface area contributed by atoms with Crippen molar-refractivity contribution in [3.63, 3.8) is 0 Å². The minimum atomic E-state index is -0.461. The summed E-state index contributed by atoms with van der Waals surface area (Å²) in [6.45, 7) is 3.83. The summed E-state index contributed by atoms with van der Waals surface area (Å²) in [5.41, 5.74) is 0.776. The molecule has 1 aliphatic heterocycles. The van der Waals surface area contributed by atoms with Gasteiger partial charge in [0.05, 0.1) is 24.3 Å². The van der Waals surface area contributed by atoms with E-state index in [2.05, 4.69) is 10.6 Å². The molecule has 1 aliphatic rings. The standard InChI is InChI=1S/C14H18ClFN2O2/c1-9(10-2-3-13(16)12(15)6-10)18-14(19)7-11-8-20-5-4-17-11/h2-3,6,9,11,17H,4-5,7-8H2,1H3,(H,18,19). The molecule has 1 aromatic rings. The number of amides is 1. The van der Waals surface area contributed by atoms with Gasteiger partial charge < -0.3 is 15.4 Å². The number of morpholine rings is 1. The summed E-state index contributed by atoms with van der Waals surface area (Å²) in [4.78, 5) is 11.9. The summed E-state index contributed by atoms with van der Waals surface area (Å²) in [5, 5.41) is 6.16. The van der Waals surface area contributed by atoms with Gasteiger partial charge in [-0.25, -0.2) is 4.39 Å². The average Bonchev–Trinajstić information content (AvgIpc) is 2.42. The Bertz CT molecular complexity index is 478. The minimum absolute atomic E-state index is 0.0488. The van der Waals surface area contributed by atoms with E-state index in [0.29, 0.717) is 19.6 Å². The second kappa shape index (κ2) is 7.02. The maximum absolute atomic E-state index is 13.1. The predicted molar refractivity (Wildman–Crippen MR) is 75.2 cm³/mol. The van der Waals surface area contributed by atoms with Crippen LogP contribution in [0.15, 0.2) is 18.2 Å². The highest BCUT2D eigenvalue weighted by Gasteiger charge is 2.18. The minimum Gasteiger partial charge on any atom is -0.378 e. The molecule has 1 amide bonds. The van der Waals surface area contributed by atoms with Crippen molar-refractivity contribution in [1.82, 2.24) is 10.6 Å². The van der Waals surface area contributed by atoms with Crippen LogP contribution in [0.5, 0.6) is 0 Å². The number of hydrogen-bond acceptors (Lipinski definition) is 3. The second-order valence-corrected chi connectivity index (χ2v) is 5.30. The van der Waals surface area contributed by atoms with Crippen LogP contribution in [0.4, 0.5) is 4.39 Å².